The third kappa shape index (κ3) is 4.47. The van der Waals surface area contributed by atoms with Crippen molar-refractivity contribution in [2.45, 2.75) is 50.1 Å². The van der Waals surface area contributed by atoms with Crippen molar-refractivity contribution < 1.29 is 22.7 Å². The van der Waals surface area contributed by atoms with E-state index in [4.69, 9.17) is 4.74 Å². The van der Waals surface area contributed by atoms with Crippen molar-refractivity contribution in [3.8, 4) is 0 Å². The lowest BCUT2D eigenvalue weighted by Crippen LogP contribution is -2.41. The first-order valence-corrected chi connectivity index (χ1v) is 12.8. The summed E-state index contributed by atoms with van der Waals surface area (Å²) in [4.78, 5) is 27.4. The Morgan fingerprint density at radius 1 is 1.03 bits per heavy atom. The number of hydrogen-bond acceptors (Lipinski definition) is 5. The van der Waals surface area contributed by atoms with Gasteiger partial charge in [0, 0.05) is 13.1 Å². The summed E-state index contributed by atoms with van der Waals surface area (Å²) in [5, 5.41) is 2.82. The van der Waals surface area contributed by atoms with Crippen LogP contribution in [0.4, 0.5) is 4.79 Å². The number of carbonyl (C=O) groups excluding carboxylic acids is 2. The predicted octanol–water partition coefficient (Wildman–Crippen LogP) is 2.97. The highest BCUT2D eigenvalue weighted by Crippen LogP contribution is 2.32. The van der Waals surface area contributed by atoms with Gasteiger partial charge >= 0.3 is 6.03 Å². The molecule has 2 aliphatic heterocycles. The summed E-state index contributed by atoms with van der Waals surface area (Å²) < 4.78 is 32.6. The van der Waals surface area contributed by atoms with Crippen molar-refractivity contribution in [2.24, 2.45) is 0 Å². The number of benzene rings is 2. The molecule has 0 radical (unpaired) electrons. The number of carbonyl (C=O) groups is 2. The predicted molar refractivity (Wildman–Crippen MR) is 128 cm³/mol. The molecule has 34 heavy (non-hydrogen) atoms. The third-order valence-corrected chi connectivity index (χ3v) is 8.34. The molecule has 1 atom stereocenters. The minimum Gasteiger partial charge on any atom is -0.379 e. The number of sulfonamides is 1. The number of nitrogens with one attached hydrogen (secondary N) is 1. The summed E-state index contributed by atoms with van der Waals surface area (Å²) in [6, 6.07) is 13.6. The molecule has 0 spiro atoms. The highest BCUT2D eigenvalue weighted by atomic mass is 32.2. The molecule has 2 aromatic rings. The van der Waals surface area contributed by atoms with Gasteiger partial charge in [-0.2, -0.15) is 4.31 Å². The fourth-order valence-electron chi connectivity index (χ4n) is 4.26. The molecular weight excluding hydrogens is 454 g/mol. The van der Waals surface area contributed by atoms with Crippen molar-refractivity contribution in [3.63, 3.8) is 0 Å². The average Bonchev–Trinajstić information content (AvgIpc) is 3.03. The number of ether oxygens (including phenoxy) is 1. The normalized spacial score (nSPS) is 22.2. The summed E-state index contributed by atoms with van der Waals surface area (Å²) >= 11 is 0. The van der Waals surface area contributed by atoms with Crippen LogP contribution in [0.25, 0.3) is 0 Å². The standard InChI is InChI=1S/C25H31N3O5S/c1-24(2,3)19-8-10-20(11-9-19)25(4)22(29)28(23(30)26-25)17-18-6-5-7-21(16-18)34(31,32)27-12-14-33-15-13-27/h5-11,16H,12-15,17H2,1-4H3,(H,26,30)/t25-/m0/s1. The molecule has 2 heterocycles. The second-order valence-electron chi connectivity index (χ2n) is 9.94. The van der Waals surface area contributed by atoms with Crippen molar-refractivity contribution in [1.82, 2.24) is 14.5 Å². The molecule has 182 valence electrons. The van der Waals surface area contributed by atoms with E-state index in [1.807, 2.05) is 24.3 Å². The van der Waals surface area contributed by atoms with Crippen molar-refractivity contribution >= 4 is 22.0 Å². The van der Waals surface area contributed by atoms with E-state index in [0.717, 1.165) is 10.5 Å². The van der Waals surface area contributed by atoms with Gasteiger partial charge in [0.15, 0.2) is 0 Å². The largest absolute Gasteiger partial charge is 0.379 e. The maximum atomic E-state index is 13.4. The maximum absolute atomic E-state index is 13.4. The number of rotatable bonds is 5. The summed E-state index contributed by atoms with van der Waals surface area (Å²) in [5.41, 5.74) is 1.17. The number of amides is 3. The topological polar surface area (TPSA) is 96.0 Å². The van der Waals surface area contributed by atoms with E-state index in [0.29, 0.717) is 37.4 Å². The molecule has 2 saturated heterocycles. The van der Waals surface area contributed by atoms with Crippen LogP contribution in [0, 0.1) is 0 Å². The smallest absolute Gasteiger partial charge is 0.325 e. The van der Waals surface area contributed by atoms with E-state index in [-0.39, 0.29) is 22.8 Å². The lowest BCUT2D eigenvalue weighted by atomic mass is 9.84. The van der Waals surface area contributed by atoms with Gasteiger partial charge < -0.3 is 10.1 Å². The molecule has 2 fully saturated rings. The molecule has 0 saturated carbocycles. The molecule has 0 unspecified atom stereocenters. The number of imide groups is 1. The van der Waals surface area contributed by atoms with E-state index < -0.39 is 21.6 Å². The van der Waals surface area contributed by atoms with Gasteiger partial charge in [0.05, 0.1) is 24.7 Å². The van der Waals surface area contributed by atoms with Crippen LogP contribution in [-0.4, -0.2) is 55.9 Å². The summed E-state index contributed by atoms with van der Waals surface area (Å²) in [7, 11) is -3.68. The van der Waals surface area contributed by atoms with E-state index in [1.54, 1.807) is 19.1 Å². The Hall–Kier alpha value is -2.75. The van der Waals surface area contributed by atoms with Crippen LogP contribution in [0.15, 0.2) is 53.4 Å². The molecule has 3 amide bonds. The van der Waals surface area contributed by atoms with E-state index in [9.17, 15) is 18.0 Å². The minimum atomic E-state index is -3.68. The summed E-state index contributed by atoms with van der Waals surface area (Å²) in [5.74, 6) is -0.373. The van der Waals surface area contributed by atoms with Crippen LogP contribution in [0.2, 0.25) is 0 Å². The molecule has 0 aromatic heterocycles. The first-order chi connectivity index (χ1) is 15.9. The third-order valence-electron chi connectivity index (χ3n) is 6.45. The van der Waals surface area contributed by atoms with Crippen LogP contribution in [-0.2, 0) is 37.1 Å². The van der Waals surface area contributed by atoms with Gasteiger partial charge in [0.25, 0.3) is 5.91 Å². The molecule has 0 bridgehead atoms. The Bertz CT molecular complexity index is 1200. The van der Waals surface area contributed by atoms with Gasteiger partial charge in [-0.1, -0.05) is 57.2 Å². The van der Waals surface area contributed by atoms with Crippen molar-refractivity contribution in [1.29, 1.82) is 0 Å². The van der Waals surface area contributed by atoms with Gasteiger partial charge in [-0.25, -0.2) is 13.2 Å². The van der Waals surface area contributed by atoms with E-state index >= 15 is 0 Å². The Balaban J connectivity index is 1.55. The summed E-state index contributed by atoms with van der Waals surface area (Å²) in [6.07, 6.45) is 0. The molecule has 2 aliphatic rings. The molecule has 2 aromatic carbocycles. The molecule has 9 heteroatoms. The van der Waals surface area contributed by atoms with E-state index in [1.165, 1.54) is 16.4 Å². The summed E-state index contributed by atoms with van der Waals surface area (Å²) in [6.45, 7) is 9.32. The fraction of sp³-hybridized carbons (Fsp3) is 0.440. The van der Waals surface area contributed by atoms with Crippen LogP contribution in [0.1, 0.15) is 44.4 Å². The van der Waals surface area contributed by atoms with Gasteiger partial charge in [-0.15, -0.1) is 0 Å². The highest BCUT2D eigenvalue weighted by Gasteiger charge is 2.49. The zero-order valence-corrected chi connectivity index (χ0v) is 20.8. The van der Waals surface area contributed by atoms with Crippen LogP contribution >= 0.6 is 0 Å². The Morgan fingerprint density at radius 3 is 2.29 bits per heavy atom. The highest BCUT2D eigenvalue weighted by molar-refractivity contribution is 7.89. The molecule has 4 rings (SSSR count). The number of hydrogen-bond donors (Lipinski definition) is 1. The van der Waals surface area contributed by atoms with Gasteiger partial charge in [-0.05, 0) is 41.2 Å². The monoisotopic (exact) mass is 485 g/mol. The Morgan fingerprint density at radius 2 is 1.68 bits per heavy atom. The second-order valence-corrected chi connectivity index (χ2v) is 11.9. The minimum absolute atomic E-state index is 0.0210. The molecule has 0 aliphatic carbocycles. The zero-order valence-electron chi connectivity index (χ0n) is 20.0. The van der Waals surface area contributed by atoms with Crippen LogP contribution in [0.5, 0.6) is 0 Å². The van der Waals surface area contributed by atoms with Crippen LogP contribution < -0.4 is 5.32 Å². The SMILES string of the molecule is CC(C)(C)c1ccc([C@]2(C)NC(=O)N(Cc3cccc(S(=O)(=O)N4CCOCC4)c3)C2=O)cc1. The Kier molecular flexibility index (Phi) is 6.30. The van der Waals surface area contributed by atoms with Gasteiger partial charge in [0.1, 0.15) is 5.54 Å². The molecular formula is C25H31N3O5S. The first kappa shape index (κ1) is 24.4. The zero-order chi connectivity index (χ0) is 24.7. The fourth-order valence-corrected chi connectivity index (χ4v) is 5.74. The molecule has 1 N–H and O–H groups in total. The lowest BCUT2D eigenvalue weighted by molar-refractivity contribution is -0.131. The van der Waals surface area contributed by atoms with Gasteiger partial charge in [-0.3, -0.25) is 9.69 Å². The van der Waals surface area contributed by atoms with E-state index in [2.05, 4.69) is 26.1 Å². The first-order valence-electron chi connectivity index (χ1n) is 11.3. The quantitative estimate of drug-likeness (QED) is 0.657. The van der Waals surface area contributed by atoms with Crippen LogP contribution in [0.3, 0.4) is 0 Å². The maximum Gasteiger partial charge on any atom is 0.325 e. The van der Waals surface area contributed by atoms with Gasteiger partial charge in [0.2, 0.25) is 10.0 Å². The number of urea groups is 1. The second kappa shape index (κ2) is 8.79. The van der Waals surface area contributed by atoms with Crippen molar-refractivity contribution in [2.75, 3.05) is 26.3 Å². The lowest BCUT2D eigenvalue weighted by Gasteiger charge is -2.26. The number of morpholine rings is 1. The van der Waals surface area contributed by atoms with Crippen molar-refractivity contribution in [3.05, 3.63) is 65.2 Å². The average molecular weight is 486 g/mol. The Labute approximate surface area is 200 Å². The number of nitrogens with zero attached hydrogens (tertiary/aromatic N) is 2. The molecule has 8 nitrogen and oxygen atoms in total.